The van der Waals surface area contributed by atoms with Crippen molar-refractivity contribution in [3.8, 4) is 0 Å². The molecule has 7 nitrogen and oxygen atoms in total. The maximum atomic E-state index is 12.2. The summed E-state index contributed by atoms with van der Waals surface area (Å²) in [6.07, 6.45) is 2.08. The number of amides is 1. The zero-order chi connectivity index (χ0) is 16.7. The number of morpholine rings is 1. The van der Waals surface area contributed by atoms with Crippen LogP contribution in [-0.4, -0.2) is 59.2 Å². The molecule has 2 heterocycles. The standard InChI is InChI=1S/C15H23N3O4S/c1-2-3-4-11(15(20)21)17-14(19)12-10-23-13(16-12)9-18-5-7-22-8-6-18/h10-11H,2-9H2,1H3,(H,17,19)(H,20,21). The molecule has 2 rings (SSSR count). The Kier molecular flexibility index (Phi) is 6.94. The van der Waals surface area contributed by atoms with E-state index in [2.05, 4.69) is 15.2 Å². The van der Waals surface area contributed by atoms with Crippen molar-refractivity contribution >= 4 is 23.2 Å². The zero-order valence-electron chi connectivity index (χ0n) is 13.3. The van der Waals surface area contributed by atoms with Gasteiger partial charge in [-0.3, -0.25) is 9.69 Å². The molecule has 2 N–H and O–H groups in total. The van der Waals surface area contributed by atoms with E-state index in [0.29, 0.717) is 18.7 Å². The van der Waals surface area contributed by atoms with Crippen molar-refractivity contribution in [2.24, 2.45) is 0 Å². The monoisotopic (exact) mass is 341 g/mol. The third kappa shape index (κ3) is 5.56. The van der Waals surface area contributed by atoms with Crippen molar-refractivity contribution in [1.29, 1.82) is 0 Å². The number of nitrogens with one attached hydrogen (secondary N) is 1. The van der Waals surface area contributed by atoms with E-state index in [4.69, 9.17) is 9.84 Å². The number of carboxylic acid groups (broad SMARTS) is 1. The van der Waals surface area contributed by atoms with Gasteiger partial charge in [-0.25, -0.2) is 9.78 Å². The quantitative estimate of drug-likeness (QED) is 0.741. The first kappa shape index (κ1) is 17.8. The molecule has 1 aliphatic heterocycles. The smallest absolute Gasteiger partial charge is 0.326 e. The summed E-state index contributed by atoms with van der Waals surface area (Å²) in [5.41, 5.74) is 0.293. The van der Waals surface area contributed by atoms with E-state index < -0.39 is 17.9 Å². The number of hydrogen-bond acceptors (Lipinski definition) is 6. The Labute approximate surface area is 139 Å². The van der Waals surface area contributed by atoms with Crippen LogP contribution in [0.5, 0.6) is 0 Å². The van der Waals surface area contributed by atoms with Crippen molar-refractivity contribution in [1.82, 2.24) is 15.2 Å². The summed E-state index contributed by atoms with van der Waals surface area (Å²) in [7, 11) is 0. The highest BCUT2D eigenvalue weighted by Gasteiger charge is 2.22. The number of aromatic nitrogens is 1. The second-order valence-corrected chi connectivity index (χ2v) is 6.46. The van der Waals surface area contributed by atoms with E-state index in [-0.39, 0.29) is 0 Å². The Hall–Kier alpha value is -1.51. The van der Waals surface area contributed by atoms with E-state index in [0.717, 1.165) is 44.2 Å². The summed E-state index contributed by atoms with van der Waals surface area (Å²) in [6, 6.07) is -0.855. The molecular formula is C15H23N3O4S. The van der Waals surface area contributed by atoms with Crippen molar-refractivity contribution in [2.75, 3.05) is 26.3 Å². The van der Waals surface area contributed by atoms with Crippen LogP contribution in [0.15, 0.2) is 5.38 Å². The number of thiazole rings is 1. The summed E-state index contributed by atoms with van der Waals surface area (Å²) in [6.45, 7) is 5.84. The number of ether oxygens (including phenoxy) is 1. The molecule has 1 atom stereocenters. The van der Waals surface area contributed by atoms with Gasteiger partial charge in [-0.05, 0) is 6.42 Å². The van der Waals surface area contributed by atoms with Crippen molar-refractivity contribution in [3.63, 3.8) is 0 Å². The molecule has 1 unspecified atom stereocenters. The molecule has 0 radical (unpaired) electrons. The van der Waals surface area contributed by atoms with Gasteiger partial charge in [0, 0.05) is 18.5 Å². The number of carboxylic acids is 1. The van der Waals surface area contributed by atoms with Gasteiger partial charge in [0.15, 0.2) is 0 Å². The third-order valence-corrected chi connectivity index (χ3v) is 4.53. The Morgan fingerprint density at radius 2 is 2.22 bits per heavy atom. The molecule has 0 spiro atoms. The number of rotatable bonds is 8. The highest BCUT2D eigenvalue weighted by molar-refractivity contribution is 7.09. The normalized spacial score (nSPS) is 16.9. The molecule has 128 valence electrons. The third-order valence-electron chi connectivity index (χ3n) is 3.70. The lowest BCUT2D eigenvalue weighted by molar-refractivity contribution is -0.139. The van der Waals surface area contributed by atoms with Gasteiger partial charge in [0.2, 0.25) is 0 Å². The first-order valence-electron chi connectivity index (χ1n) is 7.88. The van der Waals surface area contributed by atoms with E-state index in [1.165, 1.54) is 11.3 Å². The van der Waals surface area contributed by atoms with E-state index in [9.17, 15) is 9.59 Å². The minimum absolute atomic E-state index is 0.293. The molecular weight excluding hydrogens is 318 g/mol. The molecule has 1 saturated heterocycles. The van der Waals surface area contributed by atoms with Crippen LogP contribution in [0, 0.1) is 0 Å². The Balaban J connectivity index is 1.90. The summed E-state index contributed by atoms with van der Waals surface area (Å²) in [5.74, 6) is -1.42. The van der Waals surface area contributed by atoms with Gasteiger partial charge in [-0.15, -0.1) is 11.3 Å². The average Bonchev–Trinajstić information content (AvgIpc) is 3.00. The Morgan fingerprint density at radius 1 is 1.48 bits per heavy atom. The molecule has 1 aromatic rings. The van der Waals surface area contributed by atoms with E-state index >= 15 is 0 Å². The Bertz CT molecular complexity index is 529. The number of carbonyl (C=O) groups is 2. The van der Waals surface area contributed by atoms with E-state index in [1.54, 1.807) is 5.38 Å². The second kappa shape index (κ2) is 8.95. The fourth-order valence-electron chi connectivity index (χ4n) is 2.34. The minimum Gasteiger partial charge on any atom is -0.480 e. The Morgan fingerprint density at radius 3 is 2.87 bits per heavy atom. The lowest BCUT2D eigenvalue weighted by Gasteiger charge is -2.25. The van der Waals surface area contributed by atoms with Crippen molar-refractivity contribution in [2.45, 2.75) is 38.8 Å². The first-order chi connectivity index (χ1) is 11.1. The highest BCUT2D eigenvalue weighted by atomic mass is 32.1. The predicted octanol–water partition coefficient (Wildman–Crippen LogP) is 1.35. The molecule has 1 amide bonds. The van der Waals surface area contributed by atoms with Gasteiger partial charge in [-0.1, -0.05) is 19.8 Å². The van der Waals surface area contributed by atoms with Crippen LogP contribution >= 0.6 is 11.3 Å². The fraction of sp³-hybridized carbons (Fsp3) is 0.667. The van der Waals surface area contributed by atoms with Crippen LogP contribution in [-0.2, 0) is 16.1 Å². The van der Waals surface area contributed by atoms with Crippen LogP contribution in [0.4, 0.5) is 0 Å². The first-order valence-corrected chi connectivity index (χ1v) is 8.76. The fourth-order valence-corrected chi connectivity index (χ4v) is 3.15. The maximum absolute atomic E-state index is 12.2. The summed E-state index contributed by atoms with van der Waals surface area (Å²) in [4.78, 5) is 29.9. The average molecular weight is 341 g/mol. The van der Waals surface area contributed by atoms with Gasteiger partial charge in [0.1, 0.15) is 16.7 Å². The lowest BCUT2D eigenvalue weighted by atomic mass is 10.1. The highest BCUT2D eigenvalue weighted by Crippen LogP contribution is 2.14. The number of nitrogens with zero attached hydrogens (tertiary/aromatic N) is 2. The van der Waals surface area contributed by atoms with Gasteiger partial charge in [-0.2, -0.15) is 0 Å². The van der Waals surface area contributed by atoms with Crippen LogP contribution in [0.2, 0.25) is 0 Å². The van der Waals surface area contributed by atoms with Crippen LogP contribution in [0.3, 0.4) is 0 Å². The molecule has 0 aromatic carbocycles. The largest absolute Gasteiger partial charge is 0.480 e. The summed E-state index contributed by atoms with van der Waals surface area (Å²) >= 11 is 1.42. The molecule has 0 aliphatic carbocycles. The van der Waals surface area contributed by atoms with Crippen LogP contribution < -0.4 is 5.32 Å². The second-order valence-electron chi connectivity index (χ2n) is 5.52. The molecule has 0 bridgehead atoms. The minimum atomic E-state index is -1.00. The van der Waals surface area contributed by atoms with Gasteiger partial charge < -0.3 is 15.2 Å². The number of hydrogen-bond donors (Lipinski definition) is 2. The molecule has 23 heavy (non-hydrogen) atoms. The molecule has 0 saturated carbocycles. The van der Waals surface area contributed by atoms with Gasteiger partial charge >= 0.3 is 5.97 Å². The number of unbranched alkanes of at least 4 members (excludes halogenated alkanes) is 1. The SMILES string of the molecule is CCCCC(NC(=O)c1csc(CN2CCOCC2)n1)C(=O)O. The molecule has 1 aliphatic rings. The maximum Gasteiger partial charge on any atom is 0.326 e. The summed E-state index contributed by atoms with van der Waals surface area (Å²) in [5, 5.41) is 14.3. The van der Waals surface area contributed by atoms with Crippen molar-refractivity contribution in [3.05, 3.63) is 16.1 Å². The van der Waals surface area contributed by atoms with Gasteiger partial charge in [0.05, 0.1) is 19.8 Å². The van der Waals surface area contributed by atoms with E-state index in [1.807, 2.05) is 6.92 Å². The topological polar surface area (TPSA) is 91.8 Å². The predicted molar refractivity (Wildman–Crippen MR) is 86.6 cm³/mol. The summed E-state index contributed by atoms with van der Waals surface area (Å²) < 4.78 is 5.30. The number of carbonyl (C=O) groups excluding carboxylic acids is 1. The molecule has 8 heteroatoms. The van der Waals surface area contributed by atoms with Crippen LogP contribution in [0.1, 0.15) is 41.7 Å². The molecule has 1 aromatic heterocycles. The zero-order valence-corrected chi connectivity index (χ0v) is 14.1. The number of aliphatic carboxylic acids is 1. The van der Waals surface area contributed by atoms with Gasteiger partial charge in [0.25, 0.3) is 5.91 Å². The molecule has 1 fully saturated rings. The van der Waals surface area contributed by atoms with Crippen LogP contribution in [0.25, 0.3) is 0 Å². The van der Waals surface area contributed by atoms with Crippen molar-refractivity contribution < 1.29 is 19.4 Å². The lowest BCUT2D eigenvalue weighted by Crippen LogP contribution is -2.40.